The topological polar surface area (TPSA) is 215 Å². The molecule has 0 bridgehead atoms. The monoisotopic (exact) mass is 457 g/mol. The predicted molar refractivity (Wildman–Crippen MR) is 121 cm³/mol. The maximum absolute atomic E-state index is 12.6. The van der Waals surface area contributed by atoms with Crippen LogP contribution in [0.2, 0.25) is 0 Å². The number of carbonyl (C=O) groups is 4. The van der Waals surface area contributed by atoms with E-state index < -0.39 is 48.4 Å². The Bertz CT molecular complexity index is 667. The fraction of sp³-hybridized carbons (Fsp3) is 0.750. The van der Waals surface area contributed by atoms with Crippen molar-refractivity contribution in [2.24, 2.45) is 34.0 Å². The number of amides is 3. The SMILES string of the molecule is CC[C@H](C)[C@H](NC(=O)CNC(=O)[C@@H](NC(=O)[C@@H](N)CCCN=C(N)N)[C@@H](C)CC)C(=O)O. The van der Waals surface area contributed by atoms with Crippen molar-refractivity contribution in [1.82, 2.24) is 16.0 Å². The minimum absolute atomic E-state index is 0.0422. The molecule has 10 N–H and O–H groups in total. The van der Waals surface area contributed by atoms with Crippen molar-refractivity contribution in [3.63, 3.8) is 0 Å². The van der Waals surface area contributed by atoms with Crippen LogP contribution in [0.15, 0.2) is 4.99 Å². The number of rotatable bonds is 15. The van der Waals surface area contributed by atoms with Crippen LogP contribution in [0.25, 0.3) is 0 Å². The third-order valence-electron chi connectivity index (χ3n) is 5.32. The molecule has 0 rings (SSSR count). The Kier molecular flexibility index (Phi) is 13.6. The normalized spacial score (nSPS) is 15.4. The molecule has 184 valence electrons. The van der Waals surface area contributed by atoms with E-state index in [1.54, 1.807) is 13.8 Å². The molecule has 0 saturated carbocycles. The highest BCUT2D eigenvalue weighted by atomic mass is 16.4. The fourth-order valence-electron chi connectivity index (χ4n) is 2.80. The fourth-order valence-corrected chi connectivity index (χ4v) is 2.80. The Balaban J connectivity index is 4.87. The van der Waals surface area contributed by atoms with E-state index in [9.17, 15) is 24.3 Å². The van der Waals surface area contributed by atoms with Crippen LogP contribution in [-0.2, 0) is 19.2 Å². The van der Waals surface area contributed by atoms with E-state index in [-0.39, 0.29) is 17.8 Å². The third-order valence-corrected chi connectivity index (χ3v) is 5.32. The van der Waals surface area contributed by atoms with Gasteiger partial charge in [0, 0.05) is 6.54 Å². The quantitative estimate of drug-likeness (QED) is 0.0882. The van der Waals surface area contributed by atoms with Crippen LogP contribution in [-0.4, -0.2) is 66.0 Å². The van der Waals surface area contributed by atoms with E-state index >= 15 is 0 Å². The van der Waals surface area contributed by atoms with E-state index in [0.29, 0.717) is 32.2 Å². The molecule has 0 aliphatic rings. The molecular weight excluding hydrogens is 418 g/mol. The van der Waals surface area contributed by atoms with E-state index in [4.69, 9.17) is 17.2 Å². The zero-order valence-electron chi connectivity index (χ0n) is 19.4. The molecule has 0 saturated heterocycles. The van der Waals surface area contributed by atoms with Crippen molar-refractivity contribution >= 4 is 29.7 Å². The number of aliphatic carboxylic acids is 1. The van der Waals surface area contributed by atoms with Crippen LogP contribution in [0, 0.1) is 11.8 Å². The molecule has 0 radical (unpaired) electrons. The summed E-state index contributed by atoms with van der Waals surface area (Å²) in [4.78, 5) is 52.4. The molecule has 0 aromatic heterocycles. The lowest BCUT2D eigenvalue weighted by Gasteiger charge is -2.25. The first-order valence-electron chi connectivity index (χ1n) is 10.9. The van der Waals surface area contributed by atoms with Crippen LogP contribution < -0.4 is 33.2 Å². The van der Waals surface area contributed by atoms with Crippen LogP contribution in [0.3, 0.4) is 0 Å². The lowest BCUT2D eigenvalue weighted by Crippen LogP contribution is -2.56. The molecule has 0 fully saturated rings. The van der Waals surface area contributed by atoms with Crippen LogP contribution >= 0.6 is 0 Å². The van der Waals surface area contributed by atoms with Gasteiger partial charge in [-0.3, -0.25) is 19.4 Å². The minimum Gasteiger partial charge on any atom is -0.480 e. The molecule has 0 unspecified atom stereocenters. The first kappa shape index (κ1) is 29.1. The molecule has 0 aliphatic carbocycles. The number of hydrogen-bond donors (Lipinski definition) is 7. The average Bonchev–Trinajstić information content (AvgIpc) is 2.75. The summed E-state index contributed by atoms with van der Waals surface area (Å²) in [6.07, 6.45) is 1.98. The number of carboxylic acids is 1. The molecule has 0 heterocycles. The summed E-state index contributed by atoms with van der Waals surface area (Å²) in [5.74, 6) is -3.35. The average molecular weight is 458 g/mol. The summed E-state index contributed by atoms with van der Waals surface area (Å²) in [6, 6.07) is -2.79. The van der Waals surface area contributed by atoms with Crippen molar-refractivity contribution in [3.8, 4) is 0 Å². The van der Waals surface area contributed by atoms with Crippen molar-refractivity contribution < 1.29 is 24.3 Å². The molecule has 12 nitrogen and oxygen atoms in total. The Morgan fingerprint density at radius 3 is 2.00 bits per heavy atom. The zero-order valence-corrected chi connectivity index (χ0v) is 19.4. The summed E-state index contributed by atoms with van der Waals surface area (Å²) in [6.45, 7) is 7.11. The van der Waals surface area contributed by atoms with Crippen molar-refractivity contribution in [3.05, 3.63) is 0 Å². The van der Waals surface area contributed by atoms with E-state index in [2.05, 4.69) is 20.9 Å². The third kappa shape index (κ3) is 10.9. The summed E-state index contributed by atoms with van der Waals surface area (Å²) >= 11 is 0. The molecule has 3 amide bonds. The molecule has 32 heavy (non-hydrogen) atoms. The second-order valence-electron chi connectivity index (χ2n) is 7.91. The van der Waals surface area contributed by atoms with E-state index in [0.717, 1.165) is 0 Å². The van der Waals surface area contributed by atoms with Gasteiger partial charge in [0.15, 0.2) is 5.96 Å². The molecule has 0 aromatic carbocycles. The van der Waals surface area contributed by atoms with Crippen LogP contribution in [0.1, 0.15) is 53.4 Å². The lowest BCUT2D eigenvalue weighted by atomic mass is 9.97. The van der Waals surface area contributed by atoms with Gasteiger partial charge in [0.1, 0.15) is 12.1 Å². The number of nitrogens with two attached hydrogens (primary N) is 3. The van der Waals surface area contributed by atoms with Crippen LogP contribution in [0.4, 0.5) is 0 Å². The second-order valence-corrected chi connectivity index (χ2v) is 7.91. The van der Waals surface area contributed by atoms with Gasteiger partial charge in [0.25, 0.3) is 0 Å². The Labute approximate surface area is 189 Å². The summed E-state index contributed by atoms with van der Waals surface area (Å²) in [5.41, 5.74) is 16.4. The molecule has 0 aliphatic heterocycles. The van der Waals surface area contributed by atoms with Gasteiger partial charge in [-0.05, 0) is 24.7 Å². The van der Waals surface area contributed by atoms with Gasteiger partial charge in [0.05, 0.1) is 12.6 Å². The predicted octanol–water partition coefficient (Wildman–Crippen LogP) is -1.37. The van der Waals surface area contributed by atoms with Crippen LogP contribution in [0.5, 0.6) is 0 Å². The van der Waals surface area contributed by atoms with Gasteiger partial charge in [-0.1, -0.05) is 40.5 Å². The summed E-state index contributed by atoms with van der Waals surface area (Å²) in [7, 11) is 0. The Hall–Kier alpha value is -2.89. The largest absolute Gasteiger partial charge is 0.480 e. The number of hydrogen-bond acceptors (Lipinski definition) is 6. The number of nitrogens with zero attached hydrogens (tertiary/aromatic N) is 1. The number of carbonyl (C=O) groups excluding carboxylic acids is 3. The maximum atomic E-state index is 12.6. The molecule has 0 aromatic rings. The number of aliphatic imine (C=N–C) groups is 1. The highest BCUT2D eigenvalue weighted by molar-refractivity contribution is 5.92. The van der Waals surface area contributed by atoms with Crippen molar-refractivity contribution in [1.29, 1.82) is 0 Å². The standard InChI is InChI=1S/C20H39N7O5/c1-5-11(3)15(27-17(29)13(21)8-7-9-24-20(22)23)18(30)25-10-14(28)26-16(19(31)32)12(4)6-2/h11-13,15-16H,5-10,21H2,1-4H3,(H,25,30)(H,26,28)(H,27,29)(H,31,32)(H4,22,23,24)/t11-,12-,13-,15-,16-/m0/s1. The Morgan fingerprint density at radius 1 is 0.938 bits per heavy atom. The van der Waals surface area contributed by atoms with Crippen molar-refractivity contribution in [2.45, 2.75) is 71.5 Å². The van der Waals surface area contributed by atoms with Gasteiger partial charge in [-0.25, -0.2) is 4.79 Å². The van der Waals surface area contributed by atoms with E-state index in [1.807, 2.05) is 13.8 Å². The Morgan fingerprint density at radius 2 is 1.50 bits per heavy atom. The highest BCUT2D eigenvalue weighted by Gasteiger charge is 2.29. The maximum Gasteiger partial charge on any atom is 0.326 e. The molecule has 0 spiro atoms. The smallest absolute Gasteiger partial charge is 0.326 e. The highest BCUT2D eigenvalue weighted by Crippen LogP contribution is 2.10. The second kappa shape index (κ2) is 15.0. The van der Waals surface area contributed by atoms with Gasteiger partial charge in [0.2, 0.25) is 17.7 Å². The summed E-state index contributed by atoms with van der Waals surface area (Å²) in [5, 5.41) is 16.8. The minimum atomic E-state index is -1.14. The first-order valence-corrected chi connectivity index (χ1v) is 10.9. The van der Waals surface area contributed by atoms with Gasteiger partial charge < -0.3 is 38.3 Å². The number of guanidine groups is 1. The summed E-state index contributed by atoms with van der Waals surface area (Å²) < 4.78 is 0. The number of nitrogens with one attached hydrogen (secondary N) is 3. The van der Waals surface area contributed by atoms with Crippen molar-refractivity contribution in [2.75, 3.05) is 13.1 Å². The van der Waals surface area contributed by atoms with Gasteiger partial charge in [-0.15, -0.1) is 0 Å². The molecule has 12 heteroatoms. The zero-order chi connectivity index (χ0) is 24.8. The number of carboxylic acid groups (broad SMARTS) is 1. The van der Waals surface area contributed by atoms with Gasteiger partial charge in [-0.2, -0.15) is 0 Å². The van der Waals surface area contributed by atoms with Gasteiger partial charge >= 0.3 is 5.97 Å². The van der Waals surface area contributed by atoms with E-state index in [1.165, 1.54) is 0 Å². The molecular formula is C20H39N7O5. The first-order chi connectivity index (χ1) is 14.9. The lowest BCUT2D eigenvalue weighted by molar-refractivity contribution is -0.143. The molecule has 5 atom stereocenters.